The minimum absolute atomic E-state index is 0. The van der Waals surface area contributed by atoms with Gasteiger partial charge in [0.2, 0.25) is 0 Å². The highest BCUT2D eigenvalue weighted by Crippen LogP contribution is 2.24. The standard InChI is InChI=1S/C20H27F2N5S.HI/c1-4-23-20(24-9-7-19-13(2)25-14(3)28-19)26-16-8-10-27(12-16)18-6-5-15(21)11-17(18)22;/h5-6,11,16H,4,7-10,12H2,1-3H3,(H2,23,24,26);1H. The van der Waals surface area contributed by atoms with Crippen LogP contribution in [0, 0.1) is 25.5 Å². The summed E-state index contributed by atoms with van der Waals surface area (Å²) in [5, 5.41) is 7.80. The summed E-state index contributed by atoms with van der Waals surface area (Å²) in [5.74, 6) is -0.299. The van der Waals surface area contributed by atoms with Gasteiger partial charge in [-0.05, 0) is 39.3 Å². The number of nitrogens with zero attached hydrogens (tertiary/aromatic N) is 3. The van der Waals surface area contributed by atoms with Gasteiger partial charge in [-0.25, -0.2) is 13.8 Å². The number of hydrogen-bond acceptors (Lipinski definition) is 4. The molecule has 1 atom stereocenters. The number of aromatic nitrogens is 1. The number of rotatable bonds is 6. The van der Waals surface area contributed by atoms with Crippen molar-refractivity contribution in [2.45, 2.75) is 39.7 Å². The summed E-state index contributed by atoms with van der Waals surface area (Å²) in [5.41, 5.74) is 1.53. The maximum absolute atomic E-state index is 14.0. The summed E-state index contributed by atoms with van der Waals surface area (Å²) in [6, 6.07) is 3.90. The van der Waals surface area contributed by atoms with Gasteiger partial charge in [0.15, 0.2) is 5.96 Å². The fourth-order valence-corrected chi connectivity index (χ4v) is 4.35. The maximum Gasteiger partial charge on any atom is 0.191 e. The Balaban J connectivity index is 0.00000300. The zero-order valence-electron chi connectivity index (χ0n) is 17.0. The van der Waals surface area contributed by atoms with Crippen molar-refractivity contribution in [3.8, 4) is 0 Å². The number of thiazole rings is 1. The topological polar surface area (TPSA) is 52.6 Å². The lowest BCUT2D eigenvalue weighted by molar-refractivity contribution is 0.580. The van der Waals surface area contributed by atoms with Crippen LogP contribution in [0.5, 0.6) is 0 Å². The average molecular weight is 535 g/mol. The fourth-order valence-electron chi connectivity index (χ4n) is 3.42. The van der Waals surface area contributed by atoms with E-state index in [0.29, 0.717) is 18.8 Å². The van der Waals surface area contributed by atoms with Gasteiger partial charge >= 0.3 is 0 Å². The molecule has 1 aliphatic rings. The highest BCUT2D eigenvalue weighted by molar-refractivity contribution is 14.0. The molecule has 1 aromatic heterocycles. The highest BCUT2D eigenvalue weighted by Gasteiger charge is 2.25. The molecule has 3 rings (SSSR count). The number of nitrogens with one attached hydrogen (secondary N) is 2. The predicted octanol–water partition coefficient (Wildman–Crippen LogP) is 4.03. The Morgan fingerprint density at radius 3 is 2.79 bits per heavy atom. The smallest absolute Gasteiger partial charge is 0.191 e. The van der Waals surface area contributed by atoms with Gasteiger partial charge in [-0.3, -0.25) is 4.99 Å². The lowest BCUT2D eigenvalue weighted by Crippen LogP contribution is -2.44. The monoisotopic (exact) mass is 535 g/mol. The quantitative estimate of drug-likeness (QED) is 0.333. The molecule has 1 fully saturated rings. The average Bonchev–Trinajstić information content (AvgIpc) is 3.21. The molecule has 2 N–H and O–H groups in total. The first-order valence-electron chi connectivity index (χ1n) is 9.64. The summed E-state index contributed by atoms with van der Waals surface area (Å²) in [7, 11) is 0. The van der Waals surface area contributed by atoms with Crippen LogP contribution in [0.2, 0.25) is 0 Å². The molecule has 0 bridgehead atoms. The molecule has 29 heavy (non-hydrogen) atoms. The second kappa shape index (κ2) is 11.1. The molecular weight excluding hydrogens is 507 g/mol. The summed E-state index contributed by atoms with van der Waals surface area (Å²) in [4.78, 5) is 12.4. The Labute approximate surface area is 192 Å². The van der Waals surface area contributed by atoms with Crippen molar-refractivity contribution >= 4 is 47.0 Å². The molecule has 0 spiro atoms. The number of anilines is 1. The molecule has 5 nitrogen and oxygen atoms in total. The minimum Gasteiger partial charge on any atom is -0.367 e. The van der Waals surface area contributed by atoms with Crippen molar-refractivity contribution in [1.82, 2.24) is 15.6 Å². The first kappa shape index (κ1) is 23.8. The van der Waals surface area contributed by atoms with Crippen molar-refractivity contribution < 1.29 is 8.78 Å². The van der Waals surface area contributed by atoms with Gasteiger partial charge in [-0.15, -0.1) is 35.3 Å². The van der Waals surface area contributed by atoms with E-state index in [1.54, 1.807) is 11.3 Å². The third-order valence-electron chi connectivity index (χ3n) is 4.73. The van der Waals surface area contributed by atoms with Gasteiger partial charge in [0, 0.05) is 49.6 Å². The molecule has 1 aromatic carbocycles. The molecule has 0 radical (unpaired) electrons. The van der Waals surface area contributed by atoms with Crippen molar-refractivity contribution in [1.29, 1.82) is 0 Å². The van der Waals surface area contributed by atoms with Crippen LogP contribution in [0.15, 0.2) is 23.2 Å². The van der Waals surface area contributed by atoms with E-state index in [0.717, 1.165) is 48.7 Å². The van der Waals surface area contributed by atoms with E-state index in [1.807, 2.05) is 25.7 Å². The van der Waals surface area contributed by atoms with E-state index in [2.05, 4.69) is 20.6 Å². The molecule has 2 heterocycles. The number of aryl methyl sites for hydroxylation is 2. The van der Waals surface area contributed by atoms with Crippen LogP contribution in [0.4, 0.5) is 14.5 Å². The summed E-state index contributed by atoms with van der Waals surface area (Å²) >= 11 is 1.72. The van der Waals surface area contributed by atoms with Gasteiger partial charge in [0.1, 0.15) is 11.6 Å². The van der Waals surface area contributed by atoms with Crippen molar-refractivity contribution in [3.05, 3.63) is 45.4 Å². The number of aliphatic imine (C=N–C) groups is 1. The SMILES string of the molecule is CCNC(=NCCc1sc(C)nc1C)NC1CCN(c2ccc(F)cc2F)C1.I. The van der Waals surface area contributed by atoms with E-state index in [-0.39, 0.29) is 30.0 Å². The minimum atomic E-state index is -0.553. The first-order chi connectivity index (χ1) is 13.5. The number of hydrogen-bond donors (Lipinski definition) is 2. The lowest BCUT2D eigenvalue weighted by atomic mass is 10.2. The molecular formula is C20H28F2IN5S. The first-order valence-corrected chi connectivity index (χ1v) is 10.5. The molecule has 0 saturated carbocycles. The molecule has 1 saturated heterocycles. The molecule has 2 aromatic rings. The van der Waals surface area contributed by atoms with Crippen molar-refractivity contribution in [2.24, 2.45) is 4.99 Å². The second-order valence-corrected chi connectivity index (χ2v) is 8.21. The Hall–Kier alpha value is -1.49. The molecule has 9 heteroatoms. The van der Waals surface area contributed by atoms with Gasteiger partial charge in [-0.1, -0.05) is 0 Å². The van der Waals surface area contributed by atoms with E-state index in [1.165, 1.54) is 17.0 Å². The van der Waals surface area contributed by atoms with Crippen LogP contribution >= 0.6 is 35.3 Å². The third-order valence-corrected chi connectivity index (χ3v) is 5.86. The summed E-state index contributed by atoms with van der Waals surface area (Å²) in [6.45, 7) is 8.91. The zero-order chi connectivity index (χ0) is 20.1. The van der Waals surface area contributed by atoms with Crippen LogP contribution in [0.1, 0.15) is 28.9 Å². The Bertz CT molecular complexity index is 842. The van der Waals surface area contributed by atoms with E-state index >= 15 is 0 Å². The Morgan fingerprint density at radius 1 is 1.34 bits per heavy atom. The van der Waals surface area contributed by atoms with Crippen LogP contribution in [-0.4, -0.2) is 43.2 Å². The van der Waals surface area contributed by atoms with Gasteiger partial charge in [0.05, 0.1) is 16.4 Å². The van der Waals surface area contributed by atoms with Gasteiger partial charge in [0.25, 0.3) is 0 Å². The molecule has 160 valence electrons. The van der Waals surface area contributed by atoms with E-state index < -0.39 is 11.6 Å². The molecule has 0 aliphatic carbocycles. The molecule has 0 amide bonds. The summed E-state index contributed by atoms with van der Waals surface area (Å²) in [6.07, 6.45) is 1.74. The maximum atomic E-state index is 14.0. The second-order valence-electron chi connectivity index (χ2n) is 6.92. The highest BCUT2D eigenvalue weighted by atomic mass is 127. The number of guanidine groups is 1. The van der Waals surface area contributed by atoms with Gasteiger partial charge < -0.3 is 15.5 Å². The molecule has 1 unspecified atom stereocenters. The van der Waals surface area contributed by atoms with E-state index in [9.17, 15) is 8.78 Å². The molecule has 1 aliphatic heterocycles. The fraction of sp³-hybridized carbons (Fsp3) is 0.500. The van der Waals surface area contributed by atoms with Crippen molar-refractivity contribution in [2.75, 3.05) is 31.1 Å². The normalized spacial score (nSPS) is 16.7. The Kier molecular flexibility index (Phi) is 9.06. The Morgan fingerprint density at radius 2 is 2.14 bits per heavy atom. The number of benzene rings is 1. The largest absolute Gasteiger partial charge is 0.367 e. The summed E-state index contributed by atoms with van der Waals surface area (Å²) < 4.78 is 27.2. The van der Waals surface area contributed by atoms with Crippen LogP contribution in [-0.2, 0) is 6.42 Å². The van der Waals surface area contributed by atoms with Crippen LogP contribution < -0.4 is 15.5 Å². The number of halogens is 3. The lowest BCUT2D eigenvalue weighted by Gasteiger charge is -2.21. The zero-order valence-corrected chi connectivity index (χ0v) is 20.1. The van der Waals surface area contributed by atoms with Crippen LogP contribution in [0.3, 0.4) is 0 Å². The van der Waals surface area contributed by atoms with Crippen LogP contribution in [0.25, 0.3) is 0 Å². The third kappa shape index (κ3) is 6.50. The van der Waals surface area contributed by atoms with Gasteiger partial charge in [-0.2, -0.15) is 0 Å². The predicted molar refractivity (Wildman–Crippen MR) is 127 cm³/mol. The van der Waals surface area contributed by atoms with E-state index in [4.69, 9.17) is 0 Å². The van der Waals surface area contributed by atoms with Crippen molar-refractivity contribution in [3.63, 3.8) is 0 Å².